The van der Waals surface area contributed by atoms with Gasteiger partial charge in [-0.1, -0.05) is 18.2 Å². The highest BCUT2D eigenvalue weighted by Gasteiger charge is 2.12. The van der Waals surface area contributed by atoms with Crippen LogP contribution in [0.1, 0.15) is 5.69 Å². The lowest BCUT2D eigenvalue weighted by molar-refractivity contribution is -0.131. The number of carbonyl (C=O) groups is 1. The first kappa shape index (κ1) is 13.9. The highest BCUT2D eigenvalue weighted by molar-refractivity contribution is 5.87. The van der Waals surface area contributed by atoms with Crippen molar-refractivity contribution in [3.8, 4) is 17.0 Å². The maximum absolute atomic E-state index is 10.8. The summed E-state index contributed by atoms with van der Waals surface area (Å²) in [6.07, 6.45) is 4.52. The van der Waals surface area contributed by atoms with E-state index in [0.717, 1.165) is 23.0 Å². The molecule has 5 heteroatoms. The SMILES string of the molecule is COc1cccc(-c2nc3ccccn3c2C=CC(=O)O)c1. The molecule has 0 spiro atoms. The molecule has 0 bridgehead atoms. The number of fused-ring (bicyclic) bond motifs is 1. The summed E-state index contributed by atoms with van der Waals surface area (Å²) in [6, 6.07) is 13.2. The molecule has 2 aromatic heterocycles. The number of methoxy groups -OCH3 is 1. The molecular weight excluding hydrogens is 280 g/mol. The van der Waals surface area contributed by atoms with Crippen LogP contribution in [0.3, 0.4) is 0 Å². The van der Waals surface area contributed by atoms with Gasteiger partial charge >= 0.3 is 5.97 Å². The fourth-order valence-electron chi connectivity index (χ4n) is 2.31. The lowest BCUT2D eigenvalue weighted by Gasteiger charge is -2.03. The first-order valence-electron chi connectivity index (χ1n) is 6.71. The Morgan fingerprint density at radius 3 is 2.91 bits per heavy atom. The number of pyridine rings is 1. The monoisotopic (exact) mass is 294 g/mol. The van der Waals surface area contributed by atoms with Crippen molar-refractivity contribution in [3.05, 3.63) is 60.4 Å². The predicted octanol–water partition coefficient (Wildman–Crippen LogP) is 3.11. The molecule has 0 fully saturated rings. The number of imidazole rings is 1. The predicted molar refractivity (Wildman–Crippen MR) is 83.8 cm³/mol. The first-order valence-corrected chi connectivity index (χ1v) is 6.71. The van der Waals surface area contributed by atoms with Crippen LogP contribution in [0, 0.1) is 0 Å². The van der Waals surface area contributed by atoms with E-state index in [1.54, 1.807) is 13.2 Å². The molecule has 1 N–H and O–H groups in total. The average molecular weight is 294 g/mol. The third-order valence-corrected chi connectivity index (χ3v) is 3.29. The summed E-state index contributed by atoms with van der Waals surface area (Å²) in [5.74, 6) is -0.273. The smallest absolute Gasteiger partial charge is 0.328 e. The third kappa shape index (κ3) is 2.56. The highest BCUT2D eigenvalue weighted by Crippen LogP contribution is 2.28. The molecular formula is C17H14N2O3. The highest BCUT2D eigenvalue weighted by atomic mass is 16.5. The number of aliphatic carboxylic acids is 1. The van der Waals surface area contributed by atoms with Crippen LogP contribution in [0.4, 0.5) is 0 Å². The molecule has 0 unspecified atom stereocenters. The number of hydrogen-bond donors (Lipinski definition) is 1. The van der Waals surface area contributed by atoms with E-state index in [1.807, 2.05) is 53.1 Å². The second kappa shape index (κ2) is 5.73. The molecule has 0 aliphatic rings. The van der Waals surface area contributed by atoms with Gasteiger partial charge in [-0.05, 0) is 30.3 Å². The van der Waals surface area contributed by atoms with Gasteiger partial charge in [0.25, 0.3) is 0 Å². The first-order chi connectivity index (χ1) is 10.7. The topological polar surface area (TPSA) is 63.8 Å². The largest absolute Gasteiger partial charge is 0.497 e. The molecule has 3 rings (SSSR count). The Morgan fingerprint density at radius 2 is 2.14 bits per heavy atom. The van der Waals surface area contributed by atoms with Crippen LogP contribution in [-0.4, -0.2) is 27.6 Å². The van der Waals surface area contributed by atoms with Crippen molar-refractivity contribution in [2.24, 2.45) is 0 Å². The number of benzene rings is 1. The standard InChI is InChI=1S/C17H14N2O3/c1-22-13-6-4-5-12(11-13)17-14(8-9-16(20)21)19-10-3-2-7-15(19)18-17/h2-11H,1H3,(H,20,21). The van der Waals surface area contributed by atoms with Crippen LogP contribution in [0.15, 0.2) is 54.7 Å². The fraction of sp³-hybridized carbons (Fsp3) is 0.0588. The molecule has 0 saturated heterocycles. The minimum atomic E-state index is -0.998. The Bertz CT molecular complexity index is 865. The van der Waals surface area contributed by atoms with Gasteiger partial charge in [0.2, 0.25) is 0 Å². The van der Waals surface area contributed by atoms with E-state index in [1.165, 1.54) is 0 Å². The van der Waals surface area contributed by atoms with Gasteiger partial charge in [0.05, 0.1) is 18.5 Å². The van der Waals surface area contributed by atoms with Crippen LogP contribution in [0.25, 0.3) is 23.0 Å². The van der Waals surface area contributed by atoms with E-state index < -0.39 is 5.97 Å². The lowest BCUT2D eigenvalue weighted by Crippen LogP contribution is -1.91. The maximum Gasteiger partial charge on any atom is 0.328 e. The van der Waals surface area contributed by atoms with Gasteiger partial charge in [-0.25, -0.2) is 9.78 Å². The van der Waals surface area contributed by atoms with Crippen LogP contribution in [0.5, 0.6) is 5.75 Å². The van der Waals surface area contributed by atoms with Crippen LogP contribution in [0.2, 0.25) is 0 Å². The quantitative estimate of drug-likeness (QED) is 0.751. The Kier molecular flexibility index (Phi) is 3.62. The summed E-state index contributed by atoms with van der Waals surface area (Å²) in [5.41, 5.74) is 3.05. The van der Waals surface area contributed by atoms with Crippen molar-refractivity contribution in [1.82, 2.24) is 9.38 Å². The molecule has 22 heavy (non-hydrogen) atoms. The van der Waals surface area contributed by atoms with Crippen molar-refractivity contribution in [1.29, 1.82) is 0 Å². The molecule has 2 heterocycles. The Hall–Kier alpha value is -3.08. The van der Waals surface area contributed by atoms with Gasteiger partial charge in [0.1, 0.15) is 11.4 Å². The van der Waals surface area contributed by atoms with Gasteiger partial charge < -0.3 is 9.84 Å². The van der Waals surface area contributed by atoms with Gasteiger partial charge in [-0.2, -0.15) is 0 Å². The summed E-state index contributed by atoms with van der Waals surface area (Å²) in [6.45, 7) is 0. The molecule has 0 saturated carbocycles. The van der Waals surface area contributed by atoms with E-state index in [2.05, 4.69) is 4.98 Å². The minimum absolute atomic E-state index is 0.711. The Balaban J connectivity index is 2.23. The Labute approximate surface area is 127 Å². The van der Waals surface area contributed by atoms with E-state index in [9.17, 15) is 4.79 Å². The minimum Gasteiger partial charge on any atom is -0.497 e. The number of hydrogen-bond acceptors (Lipinski definition) is 3. The van der Waals surface area contributed by atoms with Crippen molar-refractivity contribution >= 4 is 17.7 Å². The summed E-state index contributed by atoms with van der Waals surface area (Å²) < 4.78 is 7.10. The summed E-state index contributed by atoms with van der Waals surface area (Å²) in [5, 5.41) is 8.89. The normalized spacial score (nSPS) is 11.1. The van der Waals surface area contributed by atoms with Gasteiger partial charge in [-0.3, -0.25) is 4.40 Å². The number of carboxylic acid groups (broad SMARTS) is 1. The van der Waals surface area contributed by atoms with E-state index >= 15 is 0 Å². The van der Waals surface area contributed by atoms with E-state index in [4.69, 9.17) is 9.84 Å². The molecule has 0 amide bonds. The number of carboxylic acids is 1. The van der Waals surface area contributed by atoms with Crippen molar-refractivity contribution in [2.45, 2.75) is 0 Å². The maximum atomic E-state index is 10.8. The second-order valence-electron chi connectivity index (χ2n) is 4.68. The summed E-state index contributed by atoms with van der Waals surface area (Å²) >= 11 is 0. The molecule has 0 aliphatic heterocycles. The Morgan fingerprint density at radius 1 is 1.27 bits per heavy atom. The lowest BCUT2D eigenvalue weighted by atomic mass is 10.1. The molecule has 1 aromatic carbocycles. The van der Waals surface area contributed by atoms with Crippen molar-refractivity contribution in [3.63, 3.8) is 0 Å². The molecule has 0 aliphatic carbocycles. The fourth-order valence-corrected chi connectivity index (χ4v) is 2.31. The average Bonchev–Trinajstić information content (AvgIpc) is 2.91. The van der Waals surface area contributed by atoms with E-state index in [0.29, 0.717) is 11.4 Å². The van der Waals surface area contributed by atoms with Crippen molar-refractivity contribution < 1.29 is 14.6 Å². The molecule has 5 nitrogen and oxygen atoms in total. The number of aromatic nitrogens is 2. The zero-order valence-electron chi connectivity index (χ0n) is 11.9. The number of ether oxygens (including phenoxy) is 1. The molecule has 0 radical (unpaired) electrons. The third-order valence-electron chi connectivity index (χ3n) is 3.29. The van der Waals surface area contributed by atoms with Gasteiger partial charge in [0, 0.05) is 17.8 Å². The van der Waals surface area contributed by atoms with Crippen molar-refractivity contribution in [2.75, 3.05) is 7.11 Å². The van der Waals surface area contributed by atoms with E-state index in [-0.39, 0.29) is 0 Å². The summed E-state index contributed by atoms with van der Waals surface area (Å²) in [7, 11) is 1.61. The molecule has 3 aromatic rings. The second-order valence-corrected chi connectivity index (χ2v) is 4.68. The number of rotatable bonds is 4. The number of nitrogens with zero attached hydrogens (tertiary/aromatic N) is 2. The summed E-state index contributed by atoms with van der Waals surface area (Å²) in [4.78, 5) is 15.4. The van der Waals surface area contributed by atoms with Crippen LogP contribution in [-0.2, 0) is 4.79 Å². The van der Waals surface area contributed by atoms with Crippen LogP contribution < -0.4 is 4.74 Å². The zero-order valence-corrected chi connectivity index (χ0v) is 11.9. The van der Waals surface area contributed by atoms with Gasteiger partial charge in [-0.15, -0.1) is 0 Å². The zero-order chi connectivity index (χ0) is 15.5. The van der Waals surface area contributed by atoms with Crippen LogP contribution >= 0.6 is 0 Å². The molecule has 0 atom stereocenters. The van der Waals surface area contributed by atoms with Gasteiger partial charge in [0.15, 0.2) is 0 Å². The molecule has 110 valence electrons.